The van der Waals surface area contributed by atoms with Crippen molar-refractivity contribution in [2.24, 2.45) is 16.7 Å². The lowest BCUT2D eigenvalue weighted by atomic mass is 9.45. The van der Waals surface area contributed by atoms with E-state index in [0.717, 1.165) is 19.3 Å². The predicted molar refractivity (Wildman–Crippen MR) is 77.1 cm³/mol. The maximum atomic E-state index is 11.3. The minimum Gasteiger partial charge on any atom is -0.392 e. The summed E-state index contributed by atoms with van der Waals surface area (Å²) < 4.78 is 0. The van der Waals surface area contributed by atoms with Crippen molar-refractivity contribution in [1.29, 1.82) is 0 Å². The Morgan fingerprint density at radius 2 is 1.74 bits per heavy atom. The molecule has 3 fully saturated rings. The smallest absolute Gasteiger partial charge is 0.0761 e. The molecule has 4 heteroatoms. The van der Waals surface area contributed by atoms with Crippen LogP contribution >= 0.6 is 15.9 Å². The van der Waals surface area contributed by atoms with Gasteiger partial charge in [0.1, 0.15) is 0 Å². The number of aliphatic hydroxyl groups is 3. The van der Waals surface area contributed by atoms with Crippen LogP contribution in [0, 0.1) is 16.7 Å². The van der Waals surface area contributed by atoms with E-state index in [0.29, 0.717) is 12.8 Å². The van der Waals surface area contributed by atoms with E-state index in [1.807, 2.05) is 6.92 Å². The quantitative estimate of drug-likeness (QED) is 0.596. The van der Waals surface area contributed by atoms with Gasteiger partial charge in [-0.15, -0.1) is 0 Å². The van der Waals surface area contributed by atoms with Gasteiger partial charge in [0, 0.05) is 23.1 Å². The molecule has 6 unspecified atom stereocenters. The van der Waals surface area contributed by atoms with Gasteiger partial charge in [-0.1, -0.05) is 29.8 Å². The average Bonchev–Trinajstić information content (AvgIpc) is 2.69. The number of aliphatic hydroxyl groups excluding tert-OH is 1. The number of hydrogen-bond acceptors (Lipinski definition) is 3. The van der Waals surface area contributed by atoms with Crippen LogP contribution in [-0.2, 0) is 0 Å². The van der Waals surface area contributed by atoms with Gasteiger partial charge < -0.3 is 15.3 Å². The van der Waals surface area contributed by atoms with Crippen molar-refractivity contribution in [2.75, 3.05) is 0 Å². The fourth-order valence-electron chi connectivity index (χ4n) is 5.55. The van der Waals surface area contributed by atoms with Crippen molar-refractivity contribution in [3.05, 3.63) is 0 Å². The predicted octanol–water partition coefficient (Wildman–Crippen LogP) is 2.21. The average molecular weight is 333 g/mol. The Labute approximate surface area is 123 Å². The van der Waals surface area contributed by atoms with Crippen LogP contribution in [0.3, 0.4) is 0 Å². The van der Waals surface area contributed by atoms with Crippen LogP contribution < -0.4 is 0 Å². The highest BCUT2D eigenvalue weighted by molar-refractivity contribution is 9.09. The number of fused-ring (bicyclic) bond motifs is 1. The van der Waals surface area contributed by atoms with E-state index in [-0.39, 0.29) is 21.6 Å². The highest BCUT2D eigenvalue weighted by atomic mass is 79.9. The molecule has 19 heavy (non-hydrogen) atoms. The van der Waals surface area contributed by atoms with Gasteiger partial charge >= 0.3 is 0 Å². The summed E-state index contributed by atoms with van der Waals surface area (Å²) in [7, 11) is 0. The van der Waals surface area contributed by atoms with Gasteiger partial charge in [-0.2, -0.15) is 0 Å². The second-order valence-corrected chi connectivity index (χ2v) is 8.97. The third-order valence-corrected chi connectivity index (χ3v) is 8.50. The summed E-state index contributed by atoms with van der Waals surface area (Å²) in [6.45, 7) is 6.16. The Kier molecular flexibility index (Phi) is 2.83. The lowest BCUT2D eigenvalue weighted by Crippen LogP contribution is -2.69. The Hall–Kier alpha value is 0.360. The molecule has 3 rings (SSSR count). The number of alkyl halides is 1. The molecular formula is C15H25BrO3. The van der Waals surface area contributed by atoms with Crippen molar-refractivity contribution in [1.82, 2.24) is 0 Å². The monoisotopic (exact) mass is 332 g/mol. The first kappa shape index (κ1) is 14.3. The van der Waals surface area contributed by atoms with E-state index >= 15 is 0 Å². The van der Waals surface area contributed by atoms with Gasteiger partial charge in [0.05, 0.1) is 17.3 Å². The lowest BCUT2D eigenvalue weighted by Gasteiger charge is -2.64. The van der Waals surface area contributed by atoms with E-state index in [1.165, 1.54) is 0 Å². The molecule has 3 aliphatic rings. The molecule has 0 heterocycles. The van der Waals surface area contributed by atoms with E-state index in [9.17, 15) is 15.3 Å². The zero-order valence-corrected chi connectivity index (χ0v) is 13.6. The largest absolute Gasteiger partial charge is 0.392 e. The molecule has 3 nitrogen and oxygen atoms in total. The zero-order valence-electron chi connectivity index (χ0n) is 12.0. The molecule has 1 spiro atoms. The third-order valence-electron chi connectivity index (χ3n) is 6.74. The Bertz CT molecular complexity index is 408. The molecule has 3 N–H and O–H groups in total. The summed E-state index contributed by atoms with van der Waals surface area (Å²) in [6, 6.07) is 0. The fraction of sp³-hybridized carbons (Fsp3) is 1.00. The summed E-state index contributed by atoms with van der Waals surface area (Å²) in [4.78, 5) is 0.00192. The molecule has 0 aliphatic heterocycles. The summed E-state index contributed by atoms with van der Waals surface area (Å²) in [6.07, 6.45) is 3.01. The minimum atomic E-state index is -0.948. The van der Waals surface area contributed by atoms with Gasteiger partial charge in [0.15, 0.2) is 0 Å². The number of rotatable bonds is 0. The van der Waals surface area contributed by atoms with Gasteiger partial charge in [0.2, 0.25) is 0 Å². The van der Waals surface area contributed by atoms with E-state index in [2.05, 4.69) is 29.8 Å². The number of halogens is 1. The maximum absolute atomic E-state index is 11.3. The van der Waals surface area contributed by atoms with Crippen molar-refractivity contribution < 1.29 is 15.3 Å². The Morgan fingerprint density at radius 3 is 2.37 bits per heavy atom. The van der Waals surface area contributed by atoms with Crippen LogP contribution in [0.2, 0.25) is 0 Å². The molecular weight excluding hydrogens is 308 g/mol. The highest BCUT2D eigenvalue weighted by Crippen LogP contribution is 2.71. The standard InChI is InChI=1S/C15H25BrO3/c1-12(2)11(16)10(17)7-15(19)8-13(3,18)9-4-5-14(12,15)6-9/h9-11,17-19H,4-8H2,1-3H3. The lowest BCUT2D eigenvalue weighted by molar-refractivity contribution is -0.244. The van der Waals surface area contributed by atoms with E-state index in [1.54, 1.807) is 0 Å². The van der Waals surface area contributed by atoms with Gasteiger partial charge in [0.25, 0.3) is 0 Å². The van der Waals surface area contributed by atoms with Crippen molar-refractivity contribution >= 4 is 15.9 Å². The first-order valence-corrected chi connectivity index (χ1v) is 8.24. The molecule has 0 aromatic rings. The van der Waals surface area contributed by atoms with Crippen LogP contribution in [0.15, 0.2) is 0 Å². The highest BCUT2D eigenvalue weighted by Gasteiger charge is 2.72. The molecule has 3 saturated carbocycles. The first-order valence-electron chi connectivity index (χ1n) is 7.33. The molecule has 0 saturated heterocycles. The molecule has 0 amide bonds. The van der Waals surface area contributed by atoms with Crippen LogP contribution in [-0.4, -0.2) is 37.5 Å². The first-order chi connectivity index (χ1) is 8.56. The van der Waals surface area contributed by atoms with Crippen LogP contribution in [0.25, 0.3) is 0 Å². The van der Waals surface area contributed by atoms with Crippen molar-refractivity contribution in [3.8, 4) is 0 Å². The summed E-state index contributed by atoms with van der Waals surface area (Å²) in [5, 5.41) is 32.2. The topological polar surface area (TPSA) is 60.7 Å². The van der Waals surface area contributed by atoms with Gasteiger partial charge in [-0.05, 0) is 37.5 Å². The molecule has 0 radical (unpaired) electrons. The normalized spacial score (nSPS) is 59.8. The molecule has 3 aliphatic carbocycles. The fourth-order valence-corrected chi connectivity index (χ4v) is 6.18. The SMILES string of the molecule is CC1(O)CC2(O)CC(O)C(Br)C(C)(C)C23CCC1C3. The van der Waals surface area contributed by atoms with Crippen LogP contribution in [0.4, 0.5) is 0 Å². The molecule has 0 aromatic carbocycles. The Balaban J connectivity index is 2.12. The molecule has 0 aromatic heterocycles. The van der Waals surface area contributed by atoms with Crippen LogP contribution in [0.1, 0.15) is 52.9 Å². The minimum absolute atomic E-state index is 0.00192. The summed E-state index contributed by atoms with van der Waals surface area (Å²) in [5.74, 6) is 0.280. The van der Waals surface area contributed by atoms with Crippen molar-refractivity contribution in [3.63, 3.8) is 0 Å². The third kappa shape index (κ3) is 1.55. The van der Waals surface area contributed by atoms with Crippen molar-refractivity contribution in [2.45, 2.75) is 75.0 Å². The van der Waals surface area contributed by atoms with E-state index in [4.69, 9.17) is 0 Å². The Morgan fingerprint density at radius 1 is 1.11 bits per heavy atom. The van der Waals surface area contributed by atoms with Gasteiger partial charge in [-0.25, -0.2) is 0 Å². The zero-order chi connectivity index (χ0) is 14.3. The van der Waals surface area contributed by atoms with Gasteiger partial charge in [-0.3, -0.25) is 0 Å². The maximum Gasteiger partial charge on any atom is 0.0761 e. The van der Waals surface area contributed by atoms with E-state index < -0.39 is 17.3 Å². The molecule has 2 bridgehead atoms. The second-order valence-electron chi connectivity index (χ2n) is 7.98. The molecule has 6 atom stereocenters. The number of hydrogen-bond donors (Lipinski definition) is 3. The molecule has 110 valence electrons. The summed E-state index contributed by atoms with van der Waals surface area (Å²) >= 11 is 3.66. The van der Waals surface area contributed by atoms with Crippen LogP contribution in [0.5, 0.6) is 0 Å². The second kappa shape index (κ2) is 3.76. The summed E-state index contributed by atoms with van der Waals surface area (Å²) in [5.41, 5.74) is -2.11.